The van der Waals surface area contributed by atoms with E-state index in [9.17, 15) is 0 Å². The Morgan fingerprint density at radius 1 is 0.419 bits per heavy atom. The highest BCUT2D eigenvalue weighted by molar-refractivity contribution is 6.10. The first kappa shape index (κ1) is 54.7. The van der Waals surface area contributed by atoms with Crippen molar-refractivity contribution in [3.63, 3.8) is 0 Å². The van der Waals surface area contributed by atoms with Gasteiger partial charge in [-0.3, -0.25) is 4.79 Å². The van der Waals surface area contributed by atoms with Gasteiger partial charge in [-0.05, 0) is 170 Å². The molecule has 5 nitrogen and oxygen atoms in total. The zero-order valence-electron chi connectivity index (χ0n) is 51.5. The molecule has 4 aliphatic rings. The molecule has 2 atom stereocenters. The Bertz CT molecular complexity index is 4390. The third-order valence-corrected chi connectivity index (χ3v) is 20.0. The molecule has 10 aromatic carbocycles. The van der Waals surface area contributed by atoms with Gasteiger partial charge >= 0.3 is 0 Å². The van der Waals surface area contributed by atoms with Crippen molar-refractivity contribution in [1.29, 1.82) is 0 Å². The van der Waals surface area contributed by atoms with Gasteiger partial charge in [0.15, 0.2) is 11.4 Å². The molecule has 0 bridgehead atoms. The van der Waals surface area contributed by atoms with Crippen LogP contribution in [0, 0.1) is 13.8 Å². The highest BCUT2D eigenvalue weighted by atomic mass is 16.1. The average molecular weight is 1120 g/mol. The maximum atomic E-state index is 15.7. The van der Waals surface area contributed by atoms with Crippen molar-refractivity contribution in [2.24, 2.45) is 0 Å². The molecule has 5 heteroatoms. The molecular weight excluding hydrogens is 1040 g/mol. The first-order chi connectivity index (χ1) is 41.5. The van der Waals surface area contributed by atoms with Crippen molar-refractivity contribution < 1.29 is 13.9 Å². The first-order valence-electron chi connectivity index (χ1n) is 30.7. The molecule has 0 saturated heterocycles. The molecule has 0 radical (unpaired) electrons. The number of hydrogen-bond donors (Lipinski definition) is 0. The van der Waals surface area contributed by atoms with E-state index in [0.29, 0.717) is 0 Å². The highest BCUT2D eigenvalue weighted by Gasteiger charge is 2.50. The number of anilines is 2. The first-order valence-corrected chi connectivity index (χ1v) is 30.7. The van der Waals surface area contributed by atoms with Gasteiger partial charge in [0.2, 0.25) is 24.5 Å². The van der Waals surface area contributed by atoms with Crippen molar-refractivity contribution in [2.45, 2.75) is 89.9 Å². The summed E-state index contributed by atoms with van der Waals surface area (Å²) >= 11 is 0. The maximum absolute atomic E-state index is 15.7. The van der Waals surface area contributed by atoms with Crippen LogP contribution in [0.4, 0.5) is 22.7 Å². The fraction of sp³-hybridized carbons (Fsp3) is 0.222. The predicted octanol–water partition coefficient (Wildman–Crippen LogP) is 18.1. The predicted molar refractivity (Wildman–Crippen MR) is 362 cm³/mol. The molecule has 86 heavy (non-hydrogen) atoms. The van der Waals surface area contributed by atoms with E-state index in [1.807, 2.05) is 0 Å². The number of carbonyl (C=O) groups excluding carboxylic acids is 1. The third kappa shape index (κ3) is 8.67. The molecule has 0 saturated carbocycles. The zero-order chi connectivity index (χ0) is 59.4. The Labute approximate surface area is 507 Å². The van der Waals surface area contributed by atoms with Gasteiger partial charge in [0.1, 0.15) is 0 Å². The van der Waals surface area contributed by atoms with Gasteiger partial charge in [0.05, 0.1) is 10.8 Å². The van der Waals surface area contributed by atoms with E-state index in [-0.39, 0.29) is 29.7 Å². The van der Waals surface area contributed by atoms with Gasteiger partial charge in [0, 0.05) is 83.1 Å². The Morgan fingerprint density at radius 3 is 1.20 bits per heavy atom. The zero-order valence-corrected chi connectivity index (χ0v) is 51.5. The third-order valence-electron chi connectivity index (χ3n) is 20.0. The number of likely N-dealkylation sites (N-methyl/N-ethyl adjacent to an activating group) is 2. The van der Waals surface area contributed by atoms with E-state index < -0.39 is 10.8 Å². The lowest BCUT2D eigenvalue weighted by Crippen LogP contribution is -2.33. The molecule has 0 fully saturated rings. The van der Waals surface area contributed by atoms with Crippen LogP contribution in [-0.4, -0.2) is 53.5 Å². The number of Topliss-reactive ketones (excluding diaryl/α,β-unsaturated/α-hetero) is 1. The fourth-order valence-electron chi connectivity index (χ4n) is 16.1. The number of rotatable bonds is 12. The summed E-state index contributed by atoms with van der Waals surface area (Å²) in [5, 5.41) is 9.96. The van der Waals surface area contributed by atoms with E-state index in [1.54, 1.807) is 0 Å². The quantitative estimate of drug-likeness (QED) is 0.114. The van der Waals surface area contributed by atoms with E-state index >= 15 is 4.79 Å². The average Bonchev–Trinajstić information content (AvgIpc) is 1.61. The Kier molecular flexibility index (Phi) is 13.1. The summed E-state index contributed by atoms with van der Waals surface area (Å²) in [6, 6.07) is 71.2. The molecule has 14 rings (SSSR count). The van der Waals surface area contributed by atoms with Crippen LogP contribution in [0.5, 0.6) is 0 Å². The Hall–Kier alpha value is -9.19. The van der Waals surface area contributed by atoms with E-state index in [4.69, 9.17) is 0 Å². The molecule has 0 spiro atoms. The van der Waals surface area contributed by atoms with Crippen LogP contribution in [0.2, 0.25) is 0 Å². The molecule has 0 aliphatic carbocycles. The maximum Gasteiger partial charge on any atom is 0.261 e. The van der Waals surface area contributed by atoms with Gasteiger partial charge < -0.3 is 9.80 Å². The van der Waals surface area contributed by atoms with Gasteiger partial charge in [-0.2, -0.15) is 9.15 Å². The number of ketones is 1. The van der Waals surface area contributed by atoms with Crippen LogP contribution in [0.3, 0.4) is 0 Å². The van der Waals surface area contributed by atoms with Crippen molar-refractivity contribution in [1.82, 2.24) is 0 Å². The summed E-state index contributed by atoms with van der Waals surface area (Å²) in [4.78, 5) is 20.5. The number of fused-ring (bicyclic) bond motifs is 12. The monoisotopic (exact) mass is 1120 g/mol. The molecular formula is C81H76N4O+2. The summed E-state index contributed by atoms with van der Waals surface area (Å²) in [5.41, 5.74) is 18.2. The summed E-state index contributed by atoms with van der Waals surface area (Å²) in [5.74, 6) is 0.138. The minimum Gasteiger partial charge on any atom is -0.347 e. The topological polar surface area (TPSA) is 29.6 Å². The second-order valence-corrected chi connectivity index (χ2v) is 26.4. The Balaban J connectivity index is 0.878. The van der Waals surface area contributed by atoms with Crippen LogP contribution in [0.25, 0.3) is 43.1 Å². The van der Waals surface area contributed by atoms with Crippen LogP contribution in [0.15, 0.2) is 242 Å². The van der Waals surface area contributed by atoms with Crippen molar-refractivity contribution in [3.05, 3.63) is 286 Å². The molecule has 0 amide bonds. The second kappa shape index (κ2) is 20.5. The van der Waals surface area contributed by atoms with Crippen molar-refractivity contribution in [3.8, 4) is 0 Å². The summed E-state index contributed by atoms with van der Waals surface area (Å²) < 4.78 is 4.67. The largest absolute Gasteiger partial charge is 0.347 e. The number of aryl methyl sites for hydroxylation is 2. The molecule has 10 aromatic rings. The minimum absolute atomic E-state index is 0.138. The van der Waals surface area contributed by atoms with E-state index in [2.05, 4.69) is 319 Å². The van der Waals surface area contributed by atoms with Crippen LogP contribution < -0.4 is 9.80 Å². The van der Waals surface area contributed by atoms with Gasteiger partial charge in [-0.15, -0.1) is 0 Å². The van der Waals surface area contributed by atoms with Gasteiger partial charge in [-0.1, -0.05) is 181 Å². The number of benzene rings is 10. The lowest BCUT2D eigenvalue weighted by Gasteiger charge is -2.29. The number of hydrogen-bond acceptors (Lipinski definition) is 3. The number of allylic oxidation sites excluding steroid dienone is 8. The van der Waals surface area contributed by atoms with E-state index in [0.717, 1.165) is 35.6 Å². The normalized spacial score (nSPS) is 20.3. The number of nitrogens with zero attached hydrogens (tertiary/aromatic N) is 4. The number of carbonyl (C=O) groups is 1. The van der Waals surface area contributed by atoms with Gasteiger partial charge in [0.25, 0.3) is 5.78 Å². The fourth-order valence-corrected chi connectivity index (χ4v) is 16.1. The SMILES string of the molecule is Cc1ccc2ccc3c(c2c1)C(C)(Cc1ccccc1)C(=CC=CC1=[N+](CC(=O)C[N+]2=C(C=CC=C4N(C)c5ccc6ccc(C)cc6c5C4(C)Cc4ccccc4)C(C)(C)c4c2ccc2ccccc42)c2ccc4ccccc4c2C1(C)C)N3C. The minimum atomic E-state index is -0.432. The molecule has 424 valence electrons. The van der Waals surface area contributed by atoms with Crippen LogP contribution in [0.1, 0.15) is 86.1 Å². The van der Waals surface area contributed by atoms with E-state index in [1.165, 1.54) is 110 Å². The van der Waals surface area contributed by atoms with Crippen molar-refractivity contribution >= 4 is 83.0 Å². The van der Waals surface area contributed by atoms with Crippen molar-refractivity contribution in [2.75, 3.05) is 37.0 Å². The summed E-state index contributed by atoms with van der Waals surface area (Å²) in [6.07, 6.45) is 15.5. The lowest BCUT2D eigenvalue weighted by atomic mass is 9.74. The van der Waals surface area contributed by atoms with Gasteiger partial charge in [-0.25, -0.2) is 0 Å². The molecule has 4 aliphatic heterocycles. The summed E-state index contributed by atoms with van der Waals surface area (Å²) in [7, 11) is 4.46. The van der Waals surface area contributed by atoms with Crippen LogP contribution >= 0.6 is 0 Å². The smallest absolute Gasteiger partial charge is 0.261 e. The molecule has 0 N–H and O–H groups in total. The molecule has 2 unspecified atom stereocenters. The summed E-state index contributed by atoms with van der Waals surface area (Å²) in [6.45, 7) is 19.0. The Morgan fingerprint density at radius 2 is 0.779 bits per heavy atom. The lowest BCUT2D eigenvalue weighted by molar-refractivity contribution is -0.445. The standard InChI is InChI=1S/C81H76N4O/c1-53-35-37-59-39-43-66-76(64(59)47-53)80(7,49-55-23-13-11-14-24-55)72(82(66)9)33-21-31-70-78(3,4)74-62-29-19-17-27-57(62)41-45-68(74)84(70)51-61(86)52-85-69-46-42-58-28-18-20-30-63(58)75(69)79(5,6)71(85)32-22-34-73-81(8,50-56-25-15-12-16-26-56)77-65-48-54(2)36-38-60(65)40-44-67(77)83(73)10/h11-48H,49-52H2,1-10H3/q+2. The van der Waals surface area contributed by atoms with Crippen LogP contribution in [-0.2, 0) is 39.3 Å². The second-order valence-electron chi connectivity index (χ2n) is 26.4. The highest BCUT2D eigenvalue weighted by Crippen LogP contribution is 2.54. The molecule has 0 aromatic heterocycles. The molecule has 4 heterocycles.